The van der Waals surface area contributed by atoms with Gasteiger partial charge in [0, 0.05) is 12.1 Å². The van der Waals surface area contributed by atoms with Crippen molar-refractivity contribution >= 4 is 23.2 Å². The highest BCUT2D eigenvalue weighted by atomic mass is 35.5. The van der Waals surface area contributed by atoms with Crippen LogP contribution in [0.5, 0.6) is 0 Å². The van der Waals surface area contributed by atoms with Crippen molar-refractivity contribution in [1.82, 2.24) is 0 Å². The van der Waals surface area contributed by atoms with E-state index in [1.165, 1.54) is 6.07 Å². The third-order valence-corrected chi connectivity index (χ3v) is 2.74. The van der Waals surface area contributed by atoms with E-state index in [0.29, 0.717) is 19.4 Å². The molecule has 0 saturated heterocycles. The fourth-order valence-corrected chi connectivity index (χ4v) is 1.70. The van der Waals surface area contributed by atoms with Gasteiger partial charge in [-0.05, 0) is 37.6 Å². The summed E-state index contributed by atoms with van der Waals surface area (Å²) in [6.45, 7) is 0.479. The number of amides is 1. The van der Waals surface area contributed by atoms with Crippen LogP contribution in [0.25, 0.3) is 0 Å². The molecule has 0 spiro atoms. The maximum absolute atomic E-state index is 12.6. The summed E-state index contributed by atoms with van der Waals surface area (Å²) in [5, 5.41) is 2.01. The van der Waals surface area contributed by atoms with Gasteiger partial charge < -0.3 is 11.1 Å². The smallest absolute Gasteiger partial charge is 0.330 e. The van der Waals surface area contributed by atoms with Gasteiger partial charge in [0.25, 0.3) is 0 Å². The molecule has 0 aliphatic heterocycles. The Hall–Kier alpha value is -1.27. The van der Waals surface area contributed by atoms with Gasteiger partial charge in [0.05, 0.1) is 10.6 Å². The average Bonchev–Trinajstić information content (AvgIpc) is 2.30. The molecule has 0 unspecified atom stereocenters. The van der Waals surface area contributed by atoms with Crippen LogP contribution in [0.1, 0.15) is 24.8 Å². The van der Waals surface area contributed by atoms with Crippen molar-refractivity contribution in [2.75, 3.05) is 11.9 Å². The van der Waals surface area contributed by atoms with Gasteiger partial charge in [-0.15, -0.1) is 0 Å². The van der Waals surface area contributed by atoms with Crippen molar-refractivity contribution < 1.29 is 18.0 Å². The number of nitrogens with two attached hydrogens (primary N) is 1. The fourth-order valence-electron chi connectivity index (χ4n) is 1.47. The lowest BCUT2D eigenvalue weighted by Gasteiger charge is -2.11. The molecule has 7 heteroatoms. The first-order chi connectivity index (χ1) is 8.84. The first kappa shape index (κ1) is 15.8. The lowest BCUT2D eigenvalue weighted by atomic mass is 10.2. The van der Waals surface area contributed by atoms with Crippen molar-refractivity contribution in [2.45, 2.75) is 25.4 Å². The molecule has 0 saturated carbocycles. The van der Waals surface area contributed by atoms with Crippen molar-refractivity contribution in [2.24, 2.45) is 5.73 Å². The Morgan fingerprint density at radius 3 is 2.58 bits per heavy atom. The zero-order chi connectivity index (χ0) is 14.5. The van der Waals surface area contributed by atoms with Crippen molar-refractivity contribution in [1.29, 1.82) is 0 Å². The van der Waals surface area contributed by atoms with Crippen LogP contribution >= 0.6 is 11.6 Å². The van der Waals surface area contributed by atoms with Crippen LogP contribution in [0.15, 0.2) is 18.2 Å². The molecule has 0 aliphatic carbocycles. The number of halogens is 4. The van der Waals surface area contributed by atoms with Crippen LogP contribution in [0, 0.1) is 0 Å². The number of unbranched alkanes of at least 4 members (excludes halogenated alkanes) is 1. The van der Waals surface area contributed by atoms with Gasteiger partial charge in [0.1, 0.15) is 0 Å². The minimum atomic E-state index is -4.54. The molecular formula is C12H14ClF3N2O. The summed E-state index contributed by atoms with van der Waals surface area (Å²) in [5.41, 5.74) is 4.39. The summed E-state index contributed by atoms with van der Waals surface area (Å²) in [6.07, 6.45) is -3.03. The molecule has 106 valence electrons. The second-order valence-corrected chi connectivity index (χ2v) is 4.39. The maximum Gasteiger partial charge on any atom is 0.417 e. The van der Waals surface area contributed by atoms with Crippen molar-refractivity contribution in [3.8, 4) is 0 Å². The molecule has 0 bridgehead atoms. The van der Waals surface area contributed by atoms with E-state index in [1.807, 2.05) is 0 Å². The second-order valence-electron chi connectivity index (χ2n) is 3.99. The summed E-state index contributed by atoms with van der Waals surface area (Å²) >= 11 is 5.47. The molecule has 19 heavy (non-hydrogen) atoms. The molecule has 3 nitrogen and oxygen atoms in total. The molecule has 0 radical (unpaired) electrons. The van der Waals surface area contributed by atoms with Gasteiger partial charge in [-0.25, -0.2) is 0 Å². The second kappa shape index (κ2) is 6.77. The van der Waals surface area contributed by atoms with E-state index in [1.54, 1.807) is 0 Å². The molecule has 0 aliphatic rings. The molecule has 0 aromatic heterocycles. The largest absolute Gasteiger partial charge is 0.417 e. The highest BCUT2D eigenvalue weighted by Gasteiger charge is 2.33. The summed E-state index contributed by atoms with van der Waals surface area (Å²) < 4.78 is 37.8. The van der Waals surface area contributed by atoms with Crippen LogP contribution < -0.4 is 11.1 Å². The van der Waals surface area contributed by atoms with Gasteiger partial charge >= 0.3 is 6.18 Å². The van der Waals surface area contributed by atoms with E-state index in [-0.39, 0.29) is 18.0 Å². The highest BCUT2D eigenvalue weighted by molar-refractivity contribution is 6.31. The van der Waals surface area contributed by atoms with Crippen LogP contribution in [-0.4, -0.2) is 12.5 Å². The van der Waals surface area contributed by atoms with Gasteiger partial charge in [-0.2, -0.15) is 13.2 Å². The molecule has 1 aromatic rings. The van der Waals surface area contributed by atoms with E-state index in [9.17, 15) is 18.0 Å². The minimum absolute atomic E-state index is 0.0782. The molecule has 0 fully saturated rings. The van der Waals surface area contributed by atoms with E-state index < -0.39 is 16.8 Å². The Balaban J connectivity index is 2.72. The van der Waals surface area contributed by atoms with Gasteiger partial charge in [-0.3, -0.25) is 4.79 Å². The zero-order valence-corrected chi connectivity index (χ0v) is 10.8. The predicted molar refractivity (Wildman–Crippen MR) is 68.0 cm³/mol. The molecule has 1 aromatic carbocycles. The number of alkyl halides is 3. The fraction of sp³-hybridized carbons (Fsp3) is 0.417. The van der Waals surface area contributed by atoms with Crippen LogP contribution in [-0.2, 0) is 11.0 Å². The lowest BCUT2D eigenvalue weighted by molar-refractivity contribution is -0.137. The van der Waals surface area contributed by atoms with Crippen molar-refractivity contribution in [3.63, 3.8) is 0 Å². The molecule has 1 rings (SSSR count). The Kier molecular flexibility index (Phi) is 5.62. The monoisotopic (exact) mass is 294 g/mol. The summed E-state index contributed by atoms with van der Waals surface area (Å²) in [6, 6.07) is 3.27. The number of rotatable bonds is 5. The molecule has 3 N–H and O–H groups in total. The number of anilines is 1. The third-order valence-electron chi connectivity index (χ3n) is 2.41. The lowest BCUT2D eigenvalue weighted by Crippen LogP contribution is -2.13. The van der Waals surface area contributed by atoms with E-state index in [0.717, 1.165) is 12.1 Å². The Bertz CT molecular complexity index is 449. The third kappa shape index (κ3) is 5.08. The minimum Gasteiger partial charge on any atom is -0.330 e. The van der Waals surface area contributed by atoms with Gasteiger partial charge in [-0.1, -0.05) is 11.6 Å². The highest BCUT2D eigenvalue weighted by Crippen LogP contribution is 2.36. The standard InChI is InChI=1S/C12H14ClF3N2O/c13-10-5-4-8(7-9(10)12(14,15)16)18-11(19)3-1-2-6-17/h4-5,7H,1-3,6,17H2,(H,18,19). The summed E-state index contributed by atoms with van der Waals surface area (Å²) in [5.74, 6) is -0.344. The van der Waals surface area contributed by atoms with E-state index >= 15 is 0 Å². The van der Waals surface area contributed by atoms with Gasteiger partial charge in [0.2, 0.25) is 5.91 Å². The van der Waals surface area contributed by atoms with Crippen LogP contribution in [0.3, 0.4) is 0 Å². The number of hydrogen-bond donors (Lipinski definition) is 2. The van der Waals surface area contributed by atoms with E-state index in [2.05, 4.69) is 5.32 Å². The molecular weight excluding hydrogens is 281 g/mol. The molecule has 0 heterocycles. The van der Waals surface area contributed by atoms with E-state index in [4.69, 9.17) is 17.3 Å². The maximum atomic E-state index is 12.6. The predicted octanol–water partition coefficient (Wildman–Crippen LogP) is 3.43. The van der Waals surface area contributed by atoms with Crippen LogP contribution in [0.4, 0.5) is 18.9 Å². The zero-order valence-electron chi connectivity index (χ0n) is 10.1. The normalized spacial score (nSPS) is 11.4. The number of benzene rings is 1. The Labute approximate surface area is 113 Å². The number of carbonyl (C=O) groups is 1. The summed E-state index contributed by atoms with van der Waals surface area (Å²) in [4.78, 5) is 11.5. The average molecular weight is 295 g/mol. The SMILES string of the molecule is NCCCCC(=O)Nc1ccc(Cl)c(C(F)(F)F)c1. The Morgan fingerprint density at radius 2 is 2.00 bits per heavy atom. The topological polar surface area (TPSA) is 55.1 Å². The van der Waals surface area contributed by atoms with Crippen molar-refractivity contribution in [3.05, 3.63) is 28.8 Å². The number of nitrogens with one attached hydrogen (secondary N) is 1. The first-order valence-corrected chi connectivity index (χ1v) is 6.09. The number of carbonyl (C=O) groups excluding carboxylic acids is 1. The first-order valence-electron chi connectivity index (χ1n) is 5.71. The molecule has 1 amide bonds. The number of hydrogen-bond acceptors (Lipinski definition) is 2. The van der Waals surface area contributed by atoms with Gasteiger partial charge in [0.15, 0.2) is 0 Å². The van der Waals surface area contributed by atoms with Crippen LogP contribution in [0.2, 0.25) is 5.02 Å². The quantitative estimate of drug-likeness (QED) is 0.818. The Morgan fingerprint density at radius 1 is 1.32 bits per heavy atom. The summed E-state index contributed by atoms with van der Waals surface area (Å²) in [7, 11) is 0. The molecule has 0 atom stereocenters.